The number of carboxylic acid groups (broad SMARTS) is 1. The van der Waals surface area contributed by atoms with E-state index in [0.717, 1.165) is 5.69 Å². The van der Waals surface area contributed by atoms with E-state index in [1.165, 1.54) is 12.3 Å². The quantitative estimate of drug-likeness (QED) is 0.843. The molecule has 2 rings (SSSR count). The number of rotatable bonds is 6. The van der Waals surface area contributed by atoms with Crippen LogP contribution in [0.3, 0.4) is 0 Å². The number of furan rings is 1. The fourth-order valence-electron chi connectivity index (χ4n) is 1.73. The molecule has 2 N–H and O–H groups in total. The summed E-state index contributed by atoms with van der Waals surface area (Å²) in [6, 6.07) is 6.85. The lowest BCUT2D eigenvalue weighted by molar-refractivity contribution is 0.0696. The van der Waals surface area contributed by atoms with Crippen LogP contribution in [0.5, 0.6) is 5.75 Å². The number of aromatic carboxylic acids is 1. The minimum absolute atomic E-state index is 0.0545. The summed E-state index contributed by atoms with van der Waals surface area (Å²) >= 11 is 6.13. The molecule has 0 unspecified atom stereocenters. The molecule has 0 radical (unpaired) electrons. The molecule has 0 aliphatic heterocycles. The molecule has 112 valence electrons. The van der Waals surface area contributed by atoms with Gasteiger partial charge in [0, 0.05) is 5.69 Å². The van der Waals surface area contributed by atoms with Crippen LogP contribution in [0.1, 0.15) is 30.0 Å². The molecule has 0 spiro atoms. The summed E-state index contributed by atoms with van der Waals surface area (Å²) in [5.74, 6) is 0.151. The third kappa shape index (κ3) is 4.16. The average molecular weight is 310 g/mol. The maximum atomic E-state index is 10.7. The molecule has 6 heteroatoms. The van der Waals surface area contributed by atoms with Gasteiger partial charge in [-0.3, -0.25) is 0 Å². The molecule has 0 saturated carbocycles. The number of benzene rings is 1. The number of ether oxygens (including phenoxy) is 1. The predicted molar refractivity (Wildman–Crippen MR) is 80.2 cm³/mol. The van der Waals surface area contributed by atoms with Gasteiger partial charge in [0.15, 0.2) is 0 Å². The number of halogens is 1. The van der Waals surface area contributed by atoms with Crippen molar-refractivity contribution in [2.75, 3.05) is 5.32 Å². The molecule has 0 bridgehead atoms. The number of anilines is 1. The first kappa shape index (κ1) is 15.3. The van der Waals surface area contributed by atoms with Gasteiger partial charge >= 0.3 is 5.97 Å². The Labute approximate surface area is 127 Å². The first-order valence-corrected chi connectivity index (χ1v) is 6.84. The molecule has 1 heterocycles. The molecule has 1 aromatic heterocycles. The molecular formula is C15H16ClNO4. The normalized spacial score (nSPS) is 10.7. The topological polar surface area (TPSA) is 71.7 Å². The van der Waals surface area contributed by atoms with E-state index in [9.17, 15) is 4.79 Å². The number of hydrogen-bond acceptors (Lipinski definition) is 4. The van der Waals surface area contributed by atoms with Crippen LogP contribution in [-0.4, -0.2) is 17.2 Å². The zero-order valence-electron chi connectivity index (χ0n) is 11.7. The Hall–Kier alpha value is -2.14. The highest BCUT2D eigenvalue weighted by Gasteiger charge is 2.09. The number of carbonyl (C=O) groups is 1. The fourth-order valence-corrected chi connectivity index (χ4v) is 1.96. The van der Waals surface area contributed by atoms with Crippen LogP contribution in [0.4, 0.5) is 5.69 Å². The van der Waals surface area contributed by atoms with Gasteiger partial charge in [-0.05, 0) is 38.1 Å². The third-order valence-electron chi connectivity index (χ3n) is 2.66. The van der Waals surface area contributed by atoms with E-state index in [0.29, 0.717) is 23.1 Å². The van der Waals surface area contributed by atoms with Gasteiger partial charge in [-0.15, -0.1) is 0 Å². The molecule has 0 amide bonds. The van der Waals surface area contributed by atoms with Crippen molar-refractivity contribution < 1.29 is 19.1 Å². The Morgan fingerprint density at radius 1 is 1.43 bits per heavy atom. The second-order valence-electron chi connectivity index (χ2n) is 4.77. The molecular weight excluding hydrogens is 294 g/mol. The van der Waals surface area contributed by atoms with Crippen molar-refractivity contribution >= 4 is 23.3 Å². The minimum atomic E-state index is -1.01. The maximum Gasteiger partial charge on any atom is 0.338 e. The van der Waals surface area contributed by atoms with E-state index in [2.05, 4.69) is 5.32 Å². The average Bonchev–Trinajstić information content (AvgIpc) is 2.88. The Balaban J connectivity index is 1.99. The van der Waals surface area contributed by atoms with Crippen LogP contribution in [0, 0.1) is 0 Å². The van der Waals surface area contributed by atoms with Crippen molar-refractivity contribution in [2.45, 2.75) is 26.5 Å². The molecule has 0 aliphatic carbocycles. The summed E-state index contributed by atoms with van der Waals surface area (Å²) < 4.78 is 10.7. The summed E-state index contributed by atoms with van der Waals surface area (Å²) in [5.41, 5.74) is 0.926. The molecule has 0 atom stereocenters. The Morgan fingerprint density at radius 2 is 2.19 bits per heavy atom. The van der Waals surface area contributed by atoms with Gasteiger partial charge in [0.05, 0.1) is 23.2 Å². The SMILES string of the molecule is CC(C)Oc1ccc(NCc2cc(C(=O)O)co2)cc1Cl. The van der Waals surface area contributed by atoms with Gasteiger partial charge in [-0.1, -0.05) is 11.6 Å². The first-order chi connectivity index (χ1) is 9.95. The van der Waals surface area contributed by atoms with Gasteiger partial charge in [0.25, 0.3) is 0 Å². The van der Waals surface area contributed by atoms with E-state index in [-0.39, 0.29) is 11.7 Å². The van der Waals surface area contributed by atoms with Crippen molar-refractivity contribution in [1.82, 2.24) is 0 Å². The van der Waals surface area contributed by atoms with Crippen LogP contribution in [0.15, 0.2) is 34.9 Å². The van der Waals surface area contributed by atoms with Crippen LogP contribution >= 0.6 is 11.6 Å². The molecule has 5 nitrogen and oxygen atoms in total. The Morgan fingerprint density at radius 3 is 2.76 bits per heavy atom. The van der Waals surface area contributed by atoms with E-state index in [1.54, 1.807) is 12.1 Å². The van der Waals surface area contributed by atoms with Crippen molar-refractivity contribution in [3.05, 3.63) is 46.9 Å². The molecule has 0 saturated heterocycles. The molecule has 0 aliphatic rings. The van der Waals surface area contributed by atoms with Gasteiger partial charge < -0.3 is 19.6 Å². The lowest BCUT2D eigenvalue weighted by Gasteiger charge is -2.12. The monoisotopic (exact) mass is 309 g/mol. The smallest absolute Gasteiger partial charge is 0.338 e. The Bertz CT molecular complexity index is 636. The summed E-state index contributed by atoms with van der Waals surface area (Å²) in [7, 11) is 0. The number of nitrogens with one attached hydrogen (secondary N) is 1. The number of carboxylic acids is 1. The molecule has 0 fully saturated rings. The van der Waals surface area contributed by atoms with Crippen LogP contribution < -0.4 is 10.1 Å². The lowest BCUT2D eigenvalue weighted by atomic mass is 10.2. The second-order valence-corrected chi connectivity index (χ2v) is 5.18. The van der Waals surface area contributed by atoms with Crippen molar-refractivity contribution in [1.29, 1.82) is 0 Å². The Kier molecular flexibility index (Phi) is 4.75. The van der Waals surface area contributed by atoms with Crippen LogP contribution in [-0.2, 0) is 6.54 Å². The fraction of sp³-hybridized carbons (Fsp3) is 0.267. The standard InChI is InChI=1S/C15H16ClNO4/c1-9(2)21-14-4-3-11(6-13(14)16)17-7-12-5-10(8-20-12)15(18)19/h3-6,8-9,17H,7H2,1-2H3,(H,18,19). The highest BCUT2D eigenvalue weighted by molar-refractivity contribution is 6.32. The largest absolute Gasteiger partial charge is 0.489 e. The van der Waals surface area contributed by atoms with Crippen molar-refractivity contribution in [2.24, 2.45) is 0 Å². The minimum Gasteiger partial charge on any atom is -0.489 e. The van der Waals surface area contributed by atoms with Gasteiger partial charge in [0.1, 0.15) is 17.8 Å². The van der Waals surface area contributed by atoms with Crippen LogP contribution in [0.2, 0.25) is 5.02 Å². The summed E-state index contributed by atoms with van der Waals surface area (Å²) in [6.45, 7) is 4.23. The third-order valence-corrected chi connectivity index (χ3v) is 2.96. The van der Waals surface area contributed by atoms with Crippen molar-refractivity contribution in [3.8, 4) is 5.75 Å². The van der Waals surface area contributed by atoms with Gasteiger partial charge in [-0.25, -0.2) is 4.79 Å². The van der Waals surface area contributed by atoms with Crippen LogP contribution in [0.25, 0.3) is 0 Å². The van der Waals surface area contributed by atoms with E-state index in [4.69, 9.17) is 25.9 Å². The lowest BCUT2D eigenvalue weighted by Crippen LogP contribution is -2.06. The first-order valence-electron chi connectivity index (χ1n) is 6.46. The highest BCUT2D eigenvalue weighted by Crippen LogP contribution is 2.28. The summed E-state index contributed by atoms with van der Waals surface area (Å²) in [5, 5.41) is 12.4. The van der Waals surface area contributed by atoms with E-state index in [1.807, 2.05) is 19.9 Å². The molecule has 1 aromatic carbocycles. The van der Waals surface area contributed by atoms with E-state index < -0.39 is 5.97 Å². The molecule has 21 heavy (non-hydrogen) atoms. The van der Waals surface area contributed by atoms with E-state index >= 15 is 0 Å². The van der Waals surface area contributed by atoms with Gasteiger partial charge in [-0.2, -0.15) is 0 Å². The second kappa shape index (κ2) is 6.54. The summed E-state index contributed by atoms with van der Waals surface area (Å²) in [4.78, 5) is 10.7. The predicted octanol–water partition coefficient (Wildman–Crippen LogP) is 4.03. The number of hydrogen-bond donors (Lipinski definition) is 2. The maximum absolute atomic E-state index is 10.7. The zero-order valence-corrected chi connectivity index (χ0v) is 12.5. The highest BCUT2D eigenvalue weighted by atomic mass is 35.5. The van der Waals surface area contributed by atoms with Gasteiger partial charge in [0.2, 0.25) is 0 Å². The summed E-state index contributed by atoms with van der Waals surface area (Å²) in [6.07, 6.45) is 1.27. The zero-order chi connectivity index (χ0) is 15.4. The van der Waals surface area contributed by atoms with Crippen molar-refractivity contribution in [3.63, 3.8) is 0 Å². The molecule has 2 aromatic rings.